The molecule has 2 heterocycles. The molecule has 1 N–H and O–H groups in total. The normalized spacial score (nSPS) is 30.8. The van der Waals surface area contributed by atoms with Crippen molar-refractivity contribution < 1.29 is 4.79 Å². The molecule has 4 heteroatoms. The summed E-state index contributed by atoms with van der Waals surface area (Å²) < 4.78 is 0. The highest BCUT2D eigenvalue weighted by atomic mass is 16.2. The van der Waals surface area contributed by atoms with Crippen molar-refractivity contribution in [2.45, 2.75) is 18.9 Å². The maximum atomic E-state index is 11.5. The van der Waals surface area contributed by atoms with Gasteiger partial charge in [0.25, 0.3) is 0 Å². The Balaban J connectivity index is 1.88. The molecule has 80 valence electrons. The molecule has 1 unspecified atom stereocenters. The molecule has 14 heavy (non-hydrogen) atoms. The number of piperazine rings is 1. The van der Waals surface area contributed by atoms with Crippen LogP contribution in [0.25, 0.3) is 0 Å². The largest absolute Gasteiger partial charge is 0.346 e. The zero-order valence-corrected chi connectivity index (χ0v) is 8.83. The van der Waals surface area contributed by atoms with Gasteiger partial charge in [-0.15, -0.1) is 0 Å². The van der Waals surface area contributed by atoms with E-state index in [4.69, 9.17) is 0 Å². The predicted molar refractivity (Wildman–Crippen MR) is 55.1 cm³/mol. The summed E-state index contributed by atoms with van der Waals surface area (Å²) in [6, 6.07) is 0.501. The van der Waals surface area contributed by atoms with Gasteiger partial charge >= 0.3 is 0 Å². The van der Waals surface area contributed by atoms with E-state index < -0.39 is 0 Å². The first-order valence-corrected chi connectivity index (χ1v) is 5.46. The number of carbonyl (C=O) groups is 1. The van der Waals surface area contributed by atoms with Gasteiger partial charge in [0, 0.05) is 52.2 Å². The first-order valence-electron chi connectivity index (χ1n) is 5.46. The Morgan fingerprint density at radius 3 is 2.64 bits per heavy atom. The first kappa shape index (κ1) is 9.93. The lowest BCUT2D eigenvalue weighted by atomic mass is 10.0. The second kappa shape index (κ2) is 4.28. The average Bonchev–Trinajstić information content (AvgIpc) is 2.23. The SMILES string of the molecule is CN1CCC(N2CCNCC2)CC1=O. The van der Waals surface area contributed by atoms with E-state index in [-0.39, 0.29) is 0 Å². The Morgan fingerprint density at radius 2 is 2.00 bits per heavy atom. The molecule has 0 saturated carbocycles. The molecule has 0 aromatic rings. The Morgan fingerprint density at radius 1 is 1.29 bits per heavy atom. The molecule has 0 aromatic carbocycles. The van der Waals surface area contributed by atoms with E-state index in [0.29, 0.717) is 11.9 Å². The van der Waals surface area contributed by atoms with Crippen molar-refractivity contribution in [3.05, 3.63) is 0 Å². The number of hydrogen-bond acceptors (Lipinski definition) is 3. The first-order chi connectivity index (χ1) is 6.77. The fourth-order valence-corrected chi connectivity index (χ4v) is 2.29. The Bertz CT molecular complexity index is 213. The van der Waals surface area contributed by atoms with Crippen LogP contribution in [0.15, 0.2) is 0 Å². The Hall–Kier alpha value is -0.610. The average molecular weight is 197 g/mol. The van der Waals surface area contributed by atoms with Gasteiger partial charge in [-0.2, -0.15) is 0 Å². The number of nitrogens with one attached hydrogen (secondary N) is 1. The number of amides is 1. The molecule has 1 amide bonds. The van der Waals surface area contributed by atoms with Gasteiger partial charge < -0.3 is 10.2 Å². The van der Waals surface area contributed by atoms with Crippen LogP contribution in [0.3, 0.4) is 0 Å². The summed E-state index contributed by atoms with van der Waals surface area (Å²) >= 11 is 0. The van der Waals surface area contributed by atoms with E-state index in [0.717, 1.165) is 45.6 Å². The number of likely N-dealkylation sites (tertiary alicyclic amines) is 1. The lowest BCUT2D eigenvalue weighted by Gasteiger charge is -2.38. The monoisotopic (exact) mass is 197 g/mol. The van der Waals surface area contributed by atoms with Gasteiger partial charge in [0.05, 0.1) is 0 Å². The number of rotatable bonds is 1. The highest BCUT2D eigenvalue weighted by Crippen LogP contribution is 2.16. The summed E-state index contributed by atoms with van der Waals surface area (Å²) in [7, 11) is 1.90. The molecule has 0 aromatic heterocycles. The summed E-state index contributed by atoms with van der Waals surface area (Å²) in [5.41, 5.74) is 0. The second-order valence-corrected chi connectivity index (χ2v) is 4.25. The summed E-state index contributed by atoms with van der Waals surface area (Å²) in [4.78, 5) is 15.8. The predicted octanol–water partition coefficient (Wildman–Crippen LogP) is -0.488. The van der Waals surface area contributed by atoms with Crippen LogP contribution in [0.1, 0.15) is 12.8 Å². The molecule has 0 aliphatic carbocycles. The van der Waals surface area contributed by atoms with Crippen molar-refractivity contribution in [2.75, 3.05) is 39.8 Å². The quantitative estimate of drug-likeness (QED) is 0.616. The van der Waals surface area contributed by atoms with Crippen molar-refractivity contribution in [1.82, 2.24) is 15.1 Å². The fourth-order valence-electron chi connectivity index (χ4n) is 2.29. The topological polar surface area (TPSA) is 35.6 Å². The third-order valence-corrected chi connectivity index (χ3v) is 3.30. The lowest BCUT2D eigenvalue weighted by molar-refractivity contribution is -0.134. The fraction of sp³-hybridized carbons (Fsp3) is 0.900. The number of carbonyl (C=O) groups excluding carboxylic acids is 1. The molecule has 4 nitrogen and oxygen atoms in total. The van der Waals surface area contributed by atoms with E-state index >= 15 is 0 Å². The van der Waals surface area contributed by atoms with Crippen molar-refractivity contribution in [3.8, 4) is 0 Å². The smallest absolute Gasteiger partial charge is 0.223 e. The molecule has 2 aliphatic rings. The maximum absolute atomic E-state index is 11.5. The Labute approximate surface area is 85.2 Å². The molecule has 2 saturated heterocycles. The maximum Gasteiger partial charge on any atom is 0.223 e. The molecular weight excluding hydrogens is 178 g/mol. The minimum atomic E-state index is 0.305. The second-order valence-electron chi connectivity index (χ2n) is 4.25. The van der Waals surface area contributed by atoms with Gasteiger partial charge in [0.2, 0.25) is 5.91 Å². The molecule has 2 aliphatic heterocycles. The highest BCUT2D eigenvalue weighted by Gasteiger charge is 2.28. The van der Waals surface area contributed by atoms with Gasteiger partial charge in [-0.3, -0.25) is 9.69 Å². The van der Waals surface area contributed by atoms with Crippen molar-refractivity contribution in [3.63, 3.8) is 0 Å². The van der Waals surface area contributed by atoms with Crippen LogP contribution in [-0.4, -0.2) is 61.5 Å². The molecule has 0 spiro atoms. The third-order valence-electron chi connectivity index (χ3n) is 3.30. The third kappa shape index (κ3) is 2.07. The summed E-state index contributed by atoms with van der Waals surface area (Å²) in [5, 5.41) is 3.34. The van der Waals surface area contributed by atoms with Crippen LogP contribution in [0, 0.1) is 0 Å². The Kier molecular flexibility index (Phi) is 3.03. The van der Waals surface area contributed by atoms with Crippen LogP contribution in [-0.2, 0) is 4.79 Å². The van der Waals surface area contributed by atoms with Gasteiger partial charge in [-0.05, 0) is 6.42 Å². The molecule has 0 bridgehead atoms. The van der Waals surface area contributed by atoms with E-state index in [2.05, 4.69) is 10.2 Å². The van der Waals surface area contributed by atoms with Crippen LogP contribution in [0.5, 0.6) is 0 Å². The van der Waals surface area contributed by atoms with Gasteiger partial charge in [0.1, 0.15) is 0 Å². The summed E-state index contributed by atoms with van der Waals surface area (Å²) in [5.74, 6) is 0.305. The molecular formula is C10H19N3O. The zero-order chi connectivity index (χ0) is 9.97. The number of hydrogen-bond donors (Lipinski definition) is 1. The number of piperidine rings is 1. The van der Waals surface area contributed by atoms with E-state index in [9.17, 15) is 4.79 Å². The van der Waals surface area contributed by atoms with Crippen LogP contribution in [0.2, 0.25) is 0 Å². The molecule has 0 radical (unpaired) electrons. The van der Waals surface area contributed by atoms with Gasteiger partial charge in [0.15, 0.2) is 0 Å². The highest BCUT2D eigenvalue weighted by molar-refractivity contribution is 5.77. The van der Waals surface area contributed by atoms with Crippen LogP contribution < -0.4 is 5.32 Å². The molecule has 1 atom stereocenters. The van der Waals surface area contributed by atoms with Crippen LogP contribution >= 0.6 is 0 Å². The summed E-state index contributed by atoms with van der Waals surface area (Å²) in [6.07, 6.45) is 1.86. The van der Waals surface area contributed by atoms with E-state index in [1.165, 1.54) is 0 Å². The van der Waals surface area contributed by atoms with Crippen molar-refractivity contribution in [1.29, 1.82) is 0 Å². The molecule has 2 rings (SSSR count). The van der Waals surface area contributed by atoms with Gasteiger partial charge in [-0.1, -0.05) is 0 Å². The lowest BCUT2D eigenvalue weighted by Crippen LogP contribution is -2.52. The number of nitrogens with zero attached hydrogens (tertiary/aromatic N) is 2. The van der Waals surface area contributed by atoms with Crippen molar-refractivity contribution >= 4 is 5.91 Å². The van der Waals surface area contributed by atoms with E-state index in [1.54, 1.807) is 0 Å². The molecule has 2 fully saturated rings. The summed E-state index contributed by atoms with van der Waals surface area (Å²) in [6.45, 7) is 5.26. The van der Waals surface area contributed by atoms with Crippen molar-refractivity contribution in [2.24, 2.45) is 0 Å². The van der Waals surface area contributed by atoms with Gasteiger partial charge in [-0.25, -0.2) is 0 Å². The van der Waals surface area contributed by atoms with E-state index in [1.807, 2.05) is 11.9 Å². The van der Waals surface area contributed by atoms with Crippen LogP contribution in [0.4, 0.5) is 0 Å². The standard InChI is InChI=1S/C10H19N3O/c1-12-5-2-9(8-10(12)14)13-6-3-11-4-7-13/h9,11H,2-8H2,1H3. The minimum absolute atomic E-state index is 0.305. The zero-order valence-electron chi connectivity index (χ0n) is 8.83. The minimum Gasteiger partial charge on any atom is -0.346 e.